The van der Waals surface area contributed by atoms with Gasteiger partial charge in [0, 0.05) is 42.0 Å². The van der Waals surface area contributed by atoms with Crippen molar-refractivity contribution in [2.24, 2.45) is 0 Å². The maximum atomic E-state index is 13.9. The molecule has 2 fully saturated rings. The van der Waals surface area contributed by atoms with Gasteiger partial charge in [-0.15, -0.1) is 0 Å². The molecular formula is C37H36N2O12. The van der Waals surface area contributed by atoms with Crippen LogP contribution in [-0.2, 0) is 30.3 Å². The normalized spacial score (nSPS) is 28.7. The number of aliphatic hydroxyl groups excluding tert-OH is 1. The number of para-hydroxylation sites is 1. The second-order valence-corrected chi connectivity index (χ2v) is 13.4. The van der Waals surface area contributed by atoms with Crippen LogP contribution in [0.3, 0.4) is 0 Å². The second-order valence-electron chi connectivity index (χ2n) is 13.4. The number of hydrogen-bond acceptors (Lipinski definition) is 13. The molecule has 2 aliphatic carbocycles. The molecule has 3 aromatic rings. The number of ketones is 3. The van der Waals surface area contributed by atoms with Gasteiger partial charge in [-0.2, -0.15) is 0 Å². The van der Waals surface area contributed by atoms with Crippen LogP contribution in [0.25, 0.3) is 0 Å². The number of aromatic hydroxyl groups is 2. The number of carbonyl (C=O) groups is 5. The number of nitrogens with one attached hydrogen (secondary N) is 1. The Morgan fingerprint density at radius 1 is 0.980 bits per heavy atom. The monoisotopic (exact) mass is 700 g/mol. The van der Waals surface area contributed by atoms with E-state index in [0.717, 1.165) is 11.8 Å². The van der Waals surface area contributed by atoms with E-state index in [2.05, 4.69) is 5.32 Å². The van der Waals surface area contributed by atoms with Crippen molar-refractivity contribution in [1.29, 1.82) is 0 Å². The number of benzene rings is 3. The van der Waals surface area contributed by atoms with Crippen LogP contribution in [0.5, 0.6) is 17.2 Å². The summed E-state index contributed by atoms with van der Waals surface area (Å²) in [7, 11) is 1.32. The van der Waals surface area contributed by atoms with Gasteiger partial charge in [-0.1, -0.05) is 30.3 Å². The van der Waals surface area contributed by atoms with Crippen molar-refractivity contribution in [2.75, 3.05) is 12.0 Å². The molecule has 0 spiro atoms. The van der Waals surface area contributed by atoms with Gasteiger partial charge in [0.25, 0.3) is 5.91 Å². The van der Waals surface area contributed by atoms with Crippen LogP contribution in [0.2, 0.25) is 0 Å². The van der Waals surface area contributed by atoms with Crippen molar-refractivity contribution in [2.45, 2.75) is 81.8 Å². The standard InChI is InChI=1S/C37H36N2O12/c1-16-31(42)21(38-22-12-25(41)39(36(22)47)18-8-5-4-6-9-18)13-26(50-16)51-24-15-37(48,17(2)40)14-20-28(24)35(46)30-29(33(20)44)32(43)19-10-7-11-23(49-3)27(19)34(30)45/h4-11,16,21-22,24,26,31,38,42,44,46,48H,12-15H2,1-3H3/t16?,21?,22?,24?,26?,31?,37-/m0/s1. The smallest absolute Gasteiger partial charge is 0.251 e. The van der Waals surface area contributed by atoms with Gasteiger partial charge in [0.1, 0.15) is 22.8 Å². The highest BCUT2D eigenvalue weighted by molar-refractivity contribution is 6.31. The van der Waals surface area contributed by atoms with E-state index in [1.165, 1.54) is 25.3 Å². The Morgan fingerprint density at radius 2 is 1.69 bits per heavy atom. The van der Waals surface area contributed by atoms with Crippen LogP contribution in [0.1, 0.15) is 82.2 Å². The predicted octanol–water partition coefficient (Wildman–Crippen LogP) is 1.99. The topological polar surface area (TPSA) is 209 Å². The number of nitrogens with zero attached hydrogens (tertiary/aromatic N) is 1. The Hall–Kier alpha value is -4.99. The Balaban J connectivity index is 1.22. The van der Waals surface area contributed by atoms with Crippen LogP contribution in [0.15, 0.2) is 48.5 Å². The summed E-state index contributed by atoms with van der Waals surface area (Å²) >= 11 is 0. The Kier molecular flexibility index (Phi) is 8.55. The third-order valence-corrected chi connectivity index (χ3v) is 10.3. The molecule has 0 radical (unpaired) electrons. The van der Waals surface area contributed by atoms with Gasteiger partial charge < -0.3 is 34.6 Å². The number of Topliss-reactive ketones (excluding diaryl/α,β-unsaturated/α-hetero) is 1. The van der Waals surface area contributed by atoms with Gasteiger partial charge in [-0.05, 0) is 32.0 Å². The first-order valence-electron chi connectivity index (χ1n) is 16.5. The van der Waals surface area contributed by atoms with Crippen LogP contribution in [0, 0.1) is 0 Å². The fourth-order valence-electron chi connectivity index (χ4n) is 7.66. The number of fused-ring (bicyclic) bond motifs is 3. The molecule has 6 unspecified atom stereocenters. The molecule has 0 aromatic heterocycles. The largest absolute Gasteiger partial charge is 0.507 e. The Bertz CT molecular complexity index is 2000. The number of imide groups is 1. The highest BCUT2D eigenvalue weighted by Crippen LogP contribution is 2.52. The highest BCUT2D eigenvalue weighted by Gasteiger charge is 2.50. The summed E-state index contributed by atoms with van der Waals surface area (Å²) < 4.78 is 17.6. The summed E-state index contributed by atoms with van der Waals surface area (Å²) in [4.78, 5) is 67.7. The molecule has 2 aliphatic heterocycles. The minimum Gasteiger partial charge on any atom is -0.507 e. The van der Waals surface area contributed by atoms with Crippen molar-refractivity contribution in [3.05, 3.63) is 81.9 Å². The molecule has 7 atom stereocenters. The fraction of sp³-hybridized carbons (Fsp3) is 0.378. The Labute approximate surface area is 291 Å². The first-order valence-corrected chi connectivity index (χ1v) is 16.5. The van der Waals surface area contributed by atoms with Crippen LogP contribution in [-0.4, -0.2) is 92.9 Å². The highest BCUT2D eigenvalue weighted by atomic mass is 16.7. The van der Waals surface area contributed by atoms with Crippen LogP contribution in [0.4, 0.5) is 5.69 Å². The summed E-state index contributed by atoms with van der Waals surface area (Å²) in [5.41, 5.74) is -3.05. The van der Waals surface area contributed by atoms with Crippen LogP contribution < -0.4 is 15.0 Å². The van der Waals surface area contributed by atoms with E-state index in [9.17, 15) is 44.4 Å². The van der Waals surface area contributed by atoms with E-state index in [0.29, 0.717) is 5.69 Å². The molecule has 3 aromatic carbocycles. The zero-order chi connectivity index (χ0) is 36.5. The summed E-state index contributed by atoms with van der Waals surface area (Å²) in [6.07, 6.45) is -5.71. The first kappa shape index (κ1) is 34.5. The number of rotatable bonds is 7. The molecule has 4 aliphatic rings. The van der Waals surface area contributed by atoms with Crippen molar-refractivity contribution in [3.8, 4) is 17.2 Å². The first-order chi connectivity index (χ1) is 24.2. The maximum Gasteiger partial charge on any atom is 0.251 e. The lowest BCUT2D eigenvalue weighted by molar-refractivity contribution is -0.250. The van der Waals surface area contributed by atoms with E-state index in [-0.39, 0.29) is 40.8 Å². The number of phenolic OH excluding ortho intramolecular Hbond substituents is 2. The maximum absolute atomic E-state index is 13.9. The zero-order valence-electron chi connectivity index (χ0n) is 27.9. The van der Waals surface area contributed by atoms with E-state index in [4.69, 9.17) is 14.2 Å². The molecule has 2 saturated heterocycles. The number of carbonyl (C=O) groups excluding carboxylic acids is 5. The third-order valence-electron chi connectivity index (χ3n) is 10.3. The van der Waals surface area contributed by atoms with Crippen LogP contribution >= 0.6 is 0 Å². The van der Waals surface area contributed by atoms with Crippen molar-refractivity contribution in [3.63, 3.8) is 0 Å². The lowest BCUT2D eigenvalue weighted by Crippen LogP contribution is -2.57. The van der Waals surface area contributed by atoms with E-state index in [1.54, 1.807) is 37.3 Å². The summed E-state index contributed by atoms with van der Waals surface area (Å²) in [6.45, 7) is 2.73. The second kappa shape index (κ2) is 12.7. The van der Waals surface area contributed by atoms with Crippen molar-refractivity contribution >= 4 is 34.9 Å². The third kappa shape index (κ3) is 5.50. The summed E-state index contributed by atoms with van der Waals surface area (Å²) in [5.74, 6) is -4.39. The van der Waals surface area contributed by atoms with Gasteiger partial charge in [0.2, 0.25) is 11.7 Å². The molecule has 14 nitrogen and oxygen atoms in total. The molecule has 0 saturated carbocycles. The molecular weight excluding hydrogens is 664 g/mol. The SMILES string of the molecule is COc1cccc2c1C(=O)c1c(O)c3c(c(O)c1C2=O)C[C@@](O)(C(C)=O)CC3OC1CC(NC2CC(=O)N(c3ccccc3)C2=O)C(O)C(C)O1. The number of amides is 2. The lowest BCUT2D eigenvalue weighted by Gasteiger charge is -2.43. The van der Waals surface area contributed by atoms with Gasteiger partial charge in [0.05, 0.1) is 60.3 Å². The van der Waals surface area contributed by atoms with Gasteiger partial charge in [-0.25, -0.2) is 4.90 Å². The minimum absolute atomic E-state index is 0.0528. The minimum atomic E-state index is -2.10. The molecule has 266 valence electrons. The Morgan fingerprint density at radius 3 is 2.37 bits per heavy atom. The average molecular weight is 701 g/mol. The molecule has 2 amide bonds. The summed E-state index contributed by atoms with van der Waals surface area (Å²) in [5, 5.41) is 49.0. The van der Waals surface area contributed by atoms with E-state index in [1.807, 2.05) is 0 Å². The summed E-state index contributed by atoms with van der Waals surface area (Å²) in [6, 6.07) is 11.0. The molecule has 14 heteroatoms. The zero-order valence-corrected chi connectivity index (χ0v) is 27.9. The number of phenols is 2. The van der Waals surface area contributed by atoms with E-state index >= 15 is 0 Å². The average Bonchev–Trinajstić information content (AvgIpc) is 3.38. The number of methoxy groups -OCH3 is 1. The predicted molar refractivity (Wildman–Crippen MR) is 177 cm³/mol. The number of ether oxygens (including phenoxy) is 3. The number of aliphatic hydroxyl groups is 2. The van der Waals surface area contributed by atoms with Gasteiger partial charge in [-0.3, -0.25) is 29.3 Å². The molecule has 51 heavy (non-hydrogen) atoms. The number of anilines is 1. The quantitative estimate of drug-likeness (QED) is 0.138. The molecule has 0 bridgehead atoms. The van der Waals surface area contributed by atoms with Crippen molar-refractivity contribution in [1.82, 2.24) is 5.32 Å². The number of hydrogen-bond donors (Lipinski definition) is 5. The van der Waals surface area contributed by atoms with Gasteiger partial charge in [0.15, 0.2) is 17.9 Å². The lowest BCUT2D eigenvalue weighted by atomic mass is 9.72. The fourth-order valence-corrected chi connectivity index (χ4v) is 7.66. The van der Waals surface area contributed by atoms with E-state index < -0.39 is 107 Å². The molecule has 7 rings (SSSR count). The van der Waals surface area contributed by atoms with Crippen molar-refractivity contribution < 1.29 is 58.6 Å². The van der Waals surface area contributed by atoms with Gasteiger partial charge >= 0.3 is 0 Å². The molecule has 2 heterocycles. The molecule has 5 N–H and O–H groups in total.